The molecule has 0 aliphatic carbocycles. The number of aliphatic hydroxyl groups excluding tert-OH is 2. The Morgan fingerprint density at radius 1 is 0.833 bits per heavy atom. The maximum Gasteiger partial charge on any atom is 0.251 e. The Hall–Kier alpha value is -1.57. The summed E-state index contributed by atoms with van der Waals surface area (Å²) in [6.45, 7) is 6.97. The highest BCUT2D eigenvalue weighted by Crippen LogP contribution is 2.28. The SMILES string of the molecule is CCCCCCCC(O)CCCC(O)CCCC(=O)Nc1cc(C(=O)NCCCC)ccc1SCC. The largest absolute Gasteiger partial charge is 0.393 e. The number of anilines is 1. The van der Waals surface area contributed by atoms with Crippen molar-refractivity contribution in [2.75, 3.05) is 17.6 Å². The molecule has 0 saturated carbocycles. The van der Waals surface area contributed by atoms with Crippen LogP contribution < -0.4 is 10.6 Å². The molecule has 0 aromatic heterocycles. The third kappa shape index (κ3) is 14.9. The molecule has 6 nitrogen and oxygen atoms in total. The predicted octanol–water partition coefficient (Wildman–Crippen LogP) is 6.69. The molecule has 1 aromatic carbocycles. The van der Waals surface area contributed by atoms with Crippen LogP contribution in [0.15, 0.2) is 23.1 Å². The van der Waals surface area contributed by atoms with Crippen molar-refractivity contribution in [1.82, 2.24) is 5.32 Å². The van der Waals surface area contributed by atoms with Gasteiger partial charge in [0.05, 0.1) is 17.9 Å². The van der Waals surface area contributed by atoms with Crippen molar-refractivity contribution in [3.05, 3.63) is 23.8 Å². The number of hydrogen-bond acceptors (Lipinski definition) is 5. The number of hydrogen-bond donors (Lipinski definition) is 4. The van der Waals surface area contributed by atoms with Crippen molar-refractivity contribution in [2.24, 2.45) is 0 Å². The van der Waals surface area contributed by atoms with Gasteiger partial charge in [-0.25, -0.2) is 0 Å². The lowest BCUT2D eigenvalue weighted by Crippen LogP contribution is -2.24. The van der Waals surface area contributed by atoms with Crippen molar-refractivity contribution in [2.45, 2.75) is 128 Å². The molecule has 0 heterocycles. The normalized spacial score (nSPS) is 12.8. The third-order valence-electron chi connectivity index (χ3n) is 6.29. The molecule has 0 saturated heterocycles. The highest BCUT2D eigenvalue weighted by Gasteiger charge is 2.13. The van der Waals surface area contributed by atoms with E-state index in [0.717, 1.165) is 49.2 Å². The van der Waals surface area contributed by atoms with Crippen LogP contribution >= 0.6 is 11.8 Å². The van der Waals surface area contributed by atoms with Gasteiger partial charge in [0.1, 0.15) is 0 Å². The quantitative estimate of drug-likeness (QED) is 0.106. The Labute approximate surface area is 223 Å². The van der Waals surface area contributed by atoms with Crippen LogP contribution in [0.3, 0.4) is 0 Å². The van der Waals surface area contributed by atoms with Crippen molar-refractivity contribution in [1.29, 1.82) is 0 Å². The maximum absolute atomic E-state index is 12.6. The van der Waals surface area contributed by atoms with Crippen LogP contribution in [0, 0.1) is 0 Å². The van der Waals surface area contributed by atoms with E-state index in [1.807, 2.05) is 6.07 Å². The summed E-state index contributed by atoms with van der Waals surface area (Å²) in [5, 5.41) is 26.3. The molecule has 4 N–H and O–H groups in total. The van der Waals surface area contributed by atoms with Crippen LogP contribution in [0.2, 0.25) is 0 Å². The molecule has 2 amide bonds. The predicted molar refractivity (Wildman–Crippen MR) is 152 cm³/mol. The minimum atomic E-state index is -0.448. The molecule has 206 valence electrons. The lowest BCUT2D eigenvalue weighted by atomic mass is 10.0. The molecule has 2 atom stereocenters. The van der Waals surface area contributed by atoms with Crippen LogP contribution in [-0.2, 0) is 4.79 Å². The van der Waals surface area contributed by atoms with Crippen molar-refractivity contribution >= 4 is 29.3 Å². The molecule has 0 bridgehead atoms. The number of benzene rings is 1. The highest BCUT2D eigenvalue weighted by atomic mass is 32.2. The van der Waals surface area contributed by atoms with E-state index in [2.05, 4.69) is 31.4 Å². The summed E-state index contributed by atoms with van der Waals surface area (Å²) in [6.07, 6.45) is 11.7. The Morgan fingerprint density at radius 2 is 1.47 bits per heavy atom. The van der Waals surface area contributed by atoms with E-state index in [9.17, 15) is 19.8 Å². The molecule has 1 rings (SSSR count). The monoisotopic (exact) mass is 522 g/mol. The van der Waals surface area contributed by atoms with E-state index < -0.39 is 6.10 Å². The first-order valence-corrected chi connectivity index (χ1v) is 15.1. The van der Waals surface area contributed by atoms with Crippen LogP contribution in [0.1, 0.15) is 121 Å². The smallest absolute Gasteiger partial charge is 0.251 e. The average molecular weight is 523 g/mol. The Morgan fingerprint density at radius 3 is 2.14 bits per heavy atom. The molecule has 36 heavy (non-hydrogen) atoms. The fourth-order valence-electron chi connectivity index (χ4n) is 4.10. The van der Waals surface area contributed by atoms with Crippen LogP contribution in [0.25, 0.3) is 0 Å². The van der Waals surface area contributed by atoms with Gasteiger partial charge in [0.2, 0.25) is 5.91 Å². The number of amides is 2. The molecule has 0 radical (unpaired) electrons. The first kappa shape index (κ1) is 32.5. The maximum atomic E-state index is 12.6. The van der Waals surface area contributed by atoms with Gasteiger partial charge in [0, 0.05) is 23.4 Å². The molecule has 0 aliphatic rings. The second-order valence-electron chi connectivity index (χ2n) is 9.64. The summed E-state index contributed by atoms with van der Waals surface area (Å²) < 4.78 is 0. The molecule has 7 heteroatoms. The van der Waals surface area contributed by atoms with E-state index in [4.69, 9.17) is 0 Å². The first-order chi connectivity index (χ1) is 17.4. The molecule has 1 aromatic rings. The molecular formula is C29H50N2O4S. The van der Waals surface area contributed by atoms with Crippen molar-refractivity contribution in [3.63, 3.8) is 0 Å². The van der Waals surface area contributed by atoms with E-state index in [1.165, 1.54) is 25.7 Å². The zero-order valence-electron chi connectivity index (χ0n) is 22.8. The molecule has 0 aliphatic heterocycles. The minimum Gasteiger partial charge on any atom is -0.393 e. The molecule has 0 spiro atoms. The summed E-state index contributed by atoms with van der Waals surface area (Å²) in [7, 11) is 0. The van der Waals surface area contributed by atoms with Crippen molar-refractivity contribution < 1.29 is 19.8 Å². The number of rotatable bonds is 21. The van der Waals surface area contributed by atoms with Crippen molar-refractivity contribution in [3.8, 4) is 0 Å². The van der Waals surface area contributed by atoms with Gasteiger partial charge in [0.15, 0.2) is 0 Å². The van der Waals surface area contributed by atoms with Gasteiger partial charge in [-0.15, -0.1) is 11.8 Å². The number of thioether (sulfide) groups is 1. The van der Waals surface area contributed by atoms with Crippen LogP contribution in [0.5, 0.6) is 0 Å². The van der Waals surface area contributed by atoms with Gasteiger partial charge in [-0.05, 0) is 68.9 Å². The number of carbonyl (C=O) groups is 2. The van der Waals surface area contributed by atoms with Gasteiger partial charge < -0.3 is 20.8 Å². The van der Waals surface area contributed by atoms with Gasteiger partial charge >= 0.3 is 0 Å². The Balaban J connectivity index is 2.38. The van der Waals surface area contributed by atoms with Gasteiger partial charge in [-0.3, -0.25) is 9.59 Å². The Kier molecular flexibility index (Phi) is 18.5. The summed E-state index contributed by atoms with van der Waals surface area (Å²) in [5.41, 5.74) is 1.21. The third-order valence-corrected chi connectivity index (χ3v) is 7.24. The highest BCUT2D eigenvalue weighted by molar-refractivity contribution is 7.99. The molecular weight excluding hydrogens is 472 g/mol. The summed E-state index contributed by atoms with van der Waals surface area (Å²) in [6, 6.07) is 5.44. The number of carbonyl (C=O) groups excluding carboxylic acids is 2. The minimum absolute atomic E-state index is 0.109. The number of unbranched alkanes of at least 4 members (excludes halogenated alkanes) is 5. The molecule has 2 unspecified atom stereocenters. The average Bonchev–Trinajstić information content (AvgIpc) is 2.85. The molecule has 0 fully saturated rings. The summed E-state index contributed by atoms with van der Waals surface area (Å²) >= 11 is 1.63. The lowest BCUT2D eigenvalue weighted by molar-refractivity contribution is -0.116. The second kappa shape index (κ2) is 20.5. The van der Waals surface area contributed by atoms with Gasteiger partial charge in [0.25, 0.3) is 5.91 Å². The van der Waals surface area contributed by atoms with E-state index in [0.29, 0.717) is 43.5 Å². The fourth-order valence-corrected chi connectivity index (χ4v) is 4.84. The summed E-state index contributed by atoms with van der Waals surface area (Å²) in [4.78, 5) is 25.9. The van der Waals surface area contributed by atoms with Crippen LogP contribution in [-0.4, -0.2) is 46.5 Å². The van der Waals surface area contributed by atoms with Gasteiger partial charge in [-0.1, -0.05) is 59.3 Å². The van der Waals surface area contributed by atoms with E-state index in [-0.39, 0.29) is 17.9 Å². The standard InChI is InChI=1S/C29H50N2O4S/c1-4-7-9-10-11-14-24(32)15-12-16-25(33)17-13-18-28(34)31-26-22-23(19-20-27(26)36-6-3)29(35)30-21-8-5-2/h19-20,22,24-25,32-33H,4-18,21H2,1-3H3,(H,30,35)(H,31,34). The van der Waals surface area contributed by atoms with Gasteiger partial charge in [-0.2, -0.15) is 0 Å². The van der Waals surface area contributed by atoms with E-state index >= 15 is 0 Å². The zero-order chi connectivity index (χ0) is 26.6. The Bertz CT molecular complexity index is 744. The summed E-state index contributed by atoms with van der Waals surface area (Å²) in [5.74, 6) is 0.629. The van der Waals surface area contributed by atoms with E-state index in [1.54, 1.807) is 23.9 Å². The lowest BCUT2D eigenvalue weighted by Gasteiger charge is -2.14. The first-order valence-electron chi connectivity index (χ1n) is 14.1. The zero-order valence-corrected chi connectivity index (χ0v) is 23.6. The fraction of sp³-hybridized carbons (Fsp3) is 0.724. The topological polar surface area (TPSA) is 98.7 Å². The van der Waals surface area contributed by atoms with Crippen LogP contribution in [0.4, 0.5) is 5.69 Å². The number of nitrogens with one attached hydrogen (secondary N) is 2. The second-order valence-corrected chi connectivity index (χ2v) is 10.9. The number of aliphatic hydroxyl groups is 2.